The van der Waals surface area contributed by atoms with Gasteiger partial charge in [-0.25, -0.2) is 9.18 Å². The highest BCUT2D eigenvalue weighted by molar-refractivity contribution is 5.82. The lowest BCUT2D eigenvalue weighted by Gasteiger charge is -2.17. The van der Waals surface area contributed by atoms with Gasteiger partial charge >= 0.3 is 5.97 Å². The van der Waals surface area contributed by atoms with E-state index in [9.17, 15) is 14.0 Å². The lowest BCUT2D eigenvalue weighted by atomic mass is 10.1. The summed E-state index contributed by atoms with van der Waals surface area (Å²) in [5, 5.41) is 8.77. The first kappa shape index (κ1) is 15.4. The normalized spacial score (nSPS) is 21.5. The number of carbonyl (C=O) groups is 2. The predicted octanol–water partition coefficient (Wildman–Crippen LogP) is 1.62. The Kier molecular flexibility index (Phi) is 4.90. The average Bonchev–Trinajstić information content (AvgIpc) is 2.89. The summed E-state index contributed by atoms with van der Waals surface area (Å²) in [6.07, 6.45) is -0.0263. The Balaban J connectivity index is 1.70. The van der Waals surface area contributed by atoms with Gasteiger partial charge in [-0.05, 0) is 5.56 Å². The van der Waals surface area contributed by atoms with Crippen molar-refractivity contribution >= 4 is 11.9 Å². The van der Waals surface area contributed by atoms with E-state index in [0.717, 1.165) is 5.56 Å². The summed E-state index contributed by atoms with van der Waals surface area (Å²) in [6, 6.07) is 9.56. The molecule has 0 bridgehead atoms. The van der Waals surface area contributed by atoms with Crippen molar-refractivity contribution in [2.24, 2.45) is 0 Å². The molecule has 1 N–H and O–H groups in total. The second kappa shape index (κ2) is 6.67. The van der Waals surface area contributed by atoms with Crippen LogP contribution in [0.15, 0.2) is 30.3 Å². The summed E-state index contributed by atoms with van der Waals surface area (Å²) in [6.45, 7) is 0.410. The summed E-state index contributed by atoms with van der Waals surface area (Å²) >= 11 is 0. The minimum atomic E-state index is -2.31. The number of nitrogens with zero attached hydrogens (tertiary/aromatic N) is 1. The summed E-state index contributed by atoms with van der Waals surface area (Å²) < 4.78 is 19.2. The van der Waals surface area contributed by atoms with E-state index in [1.165, 1.54) is 4.90 Å². The molecule has 6 heteroatoms. The highest BCUT2D eigenvalue weighted by atomic mass is 19.1. The summed E-state index contributed by atoms with van der Waals surface area (Å²) in [5.74, 6) is -1.78. The number of alkyl halides is 1. The fourth-order valence-electron chi connectivity index (χ4n) is 2.24. The molecule has 5 nitrogen and oxygen atoms in total. The number of ether oxygens (including phenoxy) is 1. The molecule has 0 radical (unpaired) electrons. The van der Waals surface area contributed by atoms with E-state index >= 15 is 0 Å². The topological polar surface area (TPSA) is 66.8 Å². The first-order valence-electron chi connectivity index (χ1n) is 6.83. The van der Waals surface area contributed by atoms with Gasteiger partial charge in [-0.1, -0.05) is 30.3 Å². The Hall–Kier alpha value is -1.95. The van der Waals surface area contributed by atoms with Gasteiger partial charge in [-0.2, -0.15) is 0 Å². The molecule has 1 fully saturated rings. The zero-order valence-electron chi connectivity index (χ0n) is 11.6. The molecule has 1 heterocycles. The lowest BCUT2D eigenvalue weighted by Crippen LogP contribution is -2.39. The van der Waals surface area contributed by atoms with E-state index in [0.29, 0.717) is 6.61 Å². The molecule has 1 aliphatic rings. The number of carboxylic acid groups (broad SMARTS) is 1. The van der Waals surface area contributed by atoms with Gasteiger partial charge in [0, 0.05) is 13.0 Å². The molecule has 0 saturated carbocycles. The van der Waals surface area contributed by atoms with E-state index in [4.69, 9.17) is 9.84 Å². The van der Waals surface area contributed by atoms with Crippen molar-refractivity contribution in [2.75, 3.05) is 19.7 Å². The monoisotopic (exact) mass is 295 g/mol. The third-order valence-electron chi connectivity index (χ3n) is 3.53. The van der Waals surface area contributed by atoms with Gasteiger partial charge in [-0.15, -0.1) is 0 Å². The van der Waals surface area contributed by atoms with Crippen LogP contribution in [-0.2, 0) is 20.9 Å². The maximum Gasteiger partial charge on any atom is 0.343 e. The number of hydrogen-bond acceptors (Lipinski definition) is 3. The third kappa shape index (κ3) is 4.01. The minimum absolute atomic E-state index is 0.128. The van der Waals surface area contributed by atoms with Crippen LogP contribution in [0.2, 0.25) is 0 Å². The van der Waals surface area contributed by atoms with Crippen LogP contribution in [0.4, 0.5) is 4.39 Å². The van der Waals surface area contributed by atoms with Crippen molar-refractivity contribution in [1.29, 1.82) is 0 Å². The molecular formula is C15H18FNO4. The molecule has 0 aliphatic carbocycles. The summed E-state index contributed by atoms with van der Waals surface area (Å²) in [4.78, 5) is 23.9. The zero-order valence-corrected chi connectivity index (χ0v) is 11.6. The van der Waals surface area contributed by atoms with Crippen LogP contribution in [0.25, 0.3) is 0 Å². The van der Waals surface area contributed by atoms with E-state index < -0.39 is 11.6 Å². The second-order valence-electron chi connectivity index (χ2n) is 5.12. The van der Waals surface area contributed by atoms with Crippen LogP contribution in [0.1, 0.15) is 18.4 Å². The second-order valence-corrected chi connectivity index (χ2v) is 5.12. The molecular weight excluding hydrogens is 277 g/mol. The van der Waals surface area contributed by atoms with Gasteiger partial charge in [0.2, 0.25) is 11.6 Å². The number of likely N-dealkylation sites (tertiary alicyclic amines) is 1. The number of amides is 1. The molecule has 1 amide bonds. The predicted molar refractivity (Wildman–Crippen MR) is 73.4 cm³/mol. The number of hydrogen-bond donors (Lipinski definition) is 1. The molecule has 1 aromatic carbocycles. The number of carboxylic acids is 1. The molecule has 1 aromatic rings. The molecule has 114 valence electrons. The largest absolute Gasteiger partial charge is 0.479 e. The van der Waals surface area contributed by atoms with E-state index in [1.54, 1.807) is 0 Å². The molecule has 1 unspecified atom stereocenters. The first-order valence-corrected chi connectivity index (χ1v) is 6.83. The lowest BCUT2D eigenvalue weighted by molar-refractivity contribution is -0.150. The van der Waals surface area contributed by atoms with Crippen LogP contribution >= 0.6 is 0 Å². The van der Waals surface area contributed by atoms with Gasteiger partial charge in [-0.3, -0.25) is 4.79 Å². The Morgan fingerprint density at radius 3 is 2.67 bits per heavy atom. The molecule has 1 atom stereocenters. The van der Waals surface area contributed by atoms with Gasteiger partial charge in [0.25, 0.3) is 0 Å². The number of carbonyl (C=O) groups excluding carboxylic acids is 1. The maximum absolute atomic E-state index is 13.8. The smallest absolute Gasteiger partial charge is 0.343 e. The van der Waals surface area contributed by atoms with Crippen LogP contribution in [0, 0.1) is 0 Å². The molecule has 21 heavy (non-hydrogen) atoms. The highest BCUT2D eigenvalue weighted by Gasteiger charge is 2.46. The Morgan fingerprint density at radius 1 is 1.33 bits per heavy atom. The number of aliphatic carboxylic acids is 1. The molecule has 1 aliphatic heterocycles. The minimum Gasteiger partial charge on any atom is -0.479 e. The zero-order chi connectivity index (χ0) is 15.3. The van der Waals surface area contributed by atoms with E-state index in [2.05, 4.69) is 0 Å². The van der Waals surface area contributed by atoms with Crippen LogP contribution in [-0.4, -0.2) is 47.2 Å². The summed E-state index contributed by atoms with van der Waals surface area (Å²) in [7, 11) is 0. The Labute approximate surface area is 122 Å². The standard InChI is InChI=1S/C15H18FNO4/c16-15(14(19)20)7-8-17(11-15)13(18)6-9-21-10-12-4-2-1-3-5-12/h1-5H,6-11H2,(H,19,20). The number of rotatable bonds is 6. The van der Waals surface area contributed by atoms with Crippen molar-refractivity contribution in [3.05, 3.63) is 35.9 Å². The van der Waals surface area contributed by atoms with Crippen LogP contribution < -0.4 is 0 Å². The number of benzene rings is 1. The van der Waals surface area contributed by atoms with Crippen molar-refractivity contribution in [1.82, 2.24) is 4.90 Å². The van der Waals surface area contributed by atoms with Crippen molar-refractivity contribution in [3.8, 4) is 0 Å². The van der Waals surface area contributed by atoms with Crippen molar-refractivity contribution in [2.45, 2.75) is 25.1 Å². The quantitative estimate of drug-likeness (QED) is 0.810. The highest BCUT2D eigenvalue weighted by Crippen LogP contribution is 2.26. The van der Waals surface area contributed by atoms with Gasteiger partial charge in [0.15, 0.2) is 0 Å². The maximum atomic E-state index is 13.8. The van der Waals surface area contributed by atoms with Gasteiger partial charge < -0.3 is 14.7 Å². The Morgan fingerprint density at radius 2 is 2.05 bits per heavy atom. The van der Waals surface area contributed by atoms with Crippen molar-refractivity contribution < 1.29 is 23.8 Å². The average molecular weight is 295 g/mol. The Bertz CT molecular complexity index is 508. The molecule has 0 spiro atoms. The fourth-order valence-corrected chi connectivity index (χ4v) is 2.24. The molecule has 0 aromatic heterocycles. The van der Waals surface area contributed by atoms with Crippen LogP contribution in [0.5, 0.6) is 0 Å². The SMILES string of the molecule is O=C(CCOCc1ccccc1)N1CCC(F)(C(=O)O)C1. The van der Waals surface area contributed by atoms with Crippen LogP contribution in [0.3, 0.4) is 0 Å². The van der Waals surface area contributed by atoms with Gasteiger partial charge in [0.05, 0.1) is 26.2 Å². The summed E-state index contributed by atoms with van der Waals surface area (Å²) in [5.41, 5.74) is -1.29. The first-order chi connectivity index (χ1) is 10.0. The van der Waals surface area contributed by atoms with Gasteiger partial charge in [0.1, 0.15) is 0 Å². The number of halogens is 1. The molecule has 1 saturated heterocycles. The van der Waals surface area contributed by atoms with Crippen molar-refractivity contribution in [3.63, 3.8) is 0 Å². The van der Waals surface area contributed by atoms with E-state index in [1.807, 2.05) is 30.3 Å². The molecule has 2 rings (SSSR count). The third-order valence-corrected chi connectivity index (χ3v) is 3.53. The fraction of sp³-hybridized carbons (Fsp3) is 0.467. The van der Waals surface area contributed by atoms with E-state index in [-0.39, 0.29) is 38.4 Å².